The first-order valence-corrected chi connectivity index (χ1v) is 11.2. The lowest BCUT2D eigenvalue weighted by atomic mass is 9.81. The first-order valence-electron chi connectivity index (χ1n) is 9.74. The van der Waals surface area contributed by atoms with Crippen LogP contribution < -0.4 is 11.5 Å². The minimum absolute atomic E-state index is 0.0463. The lowest BCUT2D eigenvalue weighted by Gasteiger charge is -2.27. The first kappa shape index (κ1) is 26.2. The van der Waals surface area contributed by atoms with Crippen molar-refractivity contribution in [2.24, 2.45) is 29.2 Å². The highest BCUT2D eigenvalue weighted by atomic mass is 32.2. The van der Waals surface area contributed by atoms with E-state index in [1.165, 1.54) is 6.92 Å². The van der Waals surface area contributed by atoms with Crippen molar-refractivity contribution in [2.45, 2.75) is 57.7 Å². The summed E-state index contributed by atoms with van der Waals surface area (Å²) in [4.78, 5) is 25.7. The van der Waals surface area contributed by atoms with Crippen molar-refractivity contribution < 1.29 is 32.4 Å². The second-order valence-electron chi connectivity index (χ2n) is 7.99. The van der Waals surface area contributed by atoms with E-state index >= 15 is 0 Å². The molecule has 1 aromatic carbocycles. The Balaban J connectivity index is 3.00. The molecule has 1 rings (SSSR count). The second kappa shape index (κ2) is 11.5. The molecule has 0 aliphatic heterocycles. The van der Waals surface area contributed by atoms with Crippen LogP contribution in [0.15, 0.2) is 30.3 Å². The predicted octanol–water partition coefficient (Wildman–Crippen LogP) is 0.848. The number of ketones is 1. The molecule has 30 heavy (non-hydrogen) atoms. The number of carbonyl (C=O) groups excluding carboxylic acids is 2. The van der Waals surface area contributed by atoms with E-state index in [2.05, 4.69) is 0 Å². The number of hydrogen-bond acceptors (Lipinski definition) is 8. The monoisotopic (exact) mass is 444 g/mol. The molecule has 0 bridgehead atoms. The number of aliphatic hydroxyl groups excluding tert-OH is 1. The highest BCUT2D eigenvalue weighted by Gasteiger charge is 2.39. The van der Waals surface area contributed by atoms with Crippen molar-refractivity contribution in [2.75, 3.05) is 0 Å². The van der Waals surface area contributed by atoms with Gasteiger partial charge in [-0.15, -0.1) is 0 Å². The maximum atomic E-state index is 12.9. The third-order valence-electron chi connectivity index (χ3n) is 4.76. The number of Topliss-reactive ketones (excluding diaryl/α,β-unsaturated/α-hetero) is 1. The Morgan fingerprint density at radius 3 is 2.13 bits per heavy atom. The van der Waals surface area contributed by atoms with Gasteiger partial charge in [-0.2, -0.15) is 8.42 Å². The summed E-state index contributed by atoms with van der Waals surface area (Å²) in [5.74, 6) is -3.30. The van der Waals surface area contributed by atoms with Gasteiger partial charge in [0.1, 0.15) is 12.5 Å². The van der Waals surface area contributed by atoms with Gasteiger partial charge >= 0.3 is 5.97 Å². The van der Waals surface area contributed by atoms with Crippen LogP contribution in [0.5, 0.6) is 0 Å². The summed E-state index contributed by atoms with van der Waals surface area (Å²) in [5.41, 5.74) is 10.2. The molecule has 0 aliphatic rings. The molecule has 0 aliphatic carbocycles. The Labute approximate surface area is 177 Å². The van der Waals surface area contributed by atoms with Gasteiger partial charge in [0.25, 0.3) is 10.1 Å². The maximum absolute atomic E-state index is 12.9. The zero-order valence-corrected chi connectivity index (χ0v) is 18.3. The summed E-state index contributed by atoms with van der Waals surface area (Å²) >= 11 is 0. The van der Waals surface area contributed by atoms with E-state index in [9.17, 15) is 23.1 Å². The second-order valence-corrected chi connectivity index (χ2v) is 9.50. The number of carbonyl (C=O) groups is 2. The van der Waals surface area contributed by atoms with Crippen LogP contribution in [-0.2, 0) is 31.1 Å². The molecule has 170 valence electrons. The minimum Gasteiger partial charge on any atom is -0.460 e. The summed E-state index contributed by atoms with van der Waals surface area (Å²) in [6.45, 7) is 5.25. The van der Waals surface area contributed by atoms with Gasteiger partial charge in [0.2, 0.25) is 0 Å². The van der Waals surface area contributed by atoms with Crippen LogP contribution in [0, 0.1) is 17.8 Å². The van der Waals surface area contributed by atoms with Gasteiger partial charge in [-0.05, 0) is 30.2 Å². The Morgan fingerprint density at radius 1 is 1.07 bits per heavy atom. The third kappa shape index (κ3) is 8.11. The van der Waals surface area contributed by atoms with Crippen molar-refractivity contribution >= 4 is 21.9 Å². The van der Waals surface area contributed by atoms with Gasteiger partial charge in [-0.3, -0.25) is 14.1 Å². The van der Waals surface area contributed by atoms with E-state index in [1.54, 1.807) is 24.3 Å². The molecule has 0 spiro atoms. The zero-order valence-electron chi connectivity index (χ0n) is 17.5. The summed E-state index contributed by atoms with van der Waals surface area (Å²) in [6.07, 6.45) is 0.125. The van der Waals surface area contributed by atoms with Crippen LogP contribution in [0.3, 0.4) is 0 Å². The molecule has 10 heteroatoms. The molecular formula is C20H32N2O7S. The lowest BCUT2D eigenvalue weighted by Crippen LogP contribution is -2.46. The number of esters is 1. The molecule has 1 aromatic rings. The van der Waals surface area contributed by atoms with E-state index in [0.717, 1.165) is 5.56 Å². The largest absolute Gasteiger partial charge is 0.460 e. The maximum Gasteiger partial charge on any atom is 0.317 e. The predicted molar refractivity (Wildman–Crippen MR) is 111 cm³/mol. The van der Waals surface area contributed by atoms with Crippen molar-refractivity contribution in [3.05, 3.63) is 35.9 Å². The van der Waals surface area contributed by atoms with Gasteiger partial charge in [0.15, 0.2) is 11.2 Å². The molecule has 9 nitrogen and oxygen atoms in total. The Kier molecular flexibility index (Phi) is 10.1. The number of benzene rings is 1. The molecule has 0 fully saturated rings. The number of rotatable bonds is 12. The minimum atomic E-state index is -4.79. The Morgan fingerprint density at radius 2 is 1.63 bits per heavy atom. The number of hydrogen-bond donors (Lipinski definition) is 4. The highest BCUT2D eigenvalue weighted by Crippen LogP contribution is 2.24. The van der Waals surface area contributed by atoms with Crippen LogP contribution in [0.25, 0.3) is 0 Å². The summed E-state index contributed by atoms with van der Waals surface area (Å²) in [7, 11) is -4.79. The average molecular weight is 445 g/mol. The molecular weight excluding hydrogens is 412 g/mol. The van der Waals surface area contributed by atoms with E-state index in [1.807, 2.05) is 19.9 Å². The molecule has 0 amide bonds. The number of aliphatic hydroxyl groups is 1. The number of ether oxygens (including phenoxy) is 1. The van der Waals surface area contributed by atoms with E-state index in [4.69, 9.17) is 20.8 Å². The Bertz CT molecular complexity index is 799. The topological polar surface area (TPSA) is 170 Å². The van der Waals surface area contributed by atoms with E-state index in [-0.39, 0.29) is 18.9 Å². The third-order valence-corrected chi connectivity index (χ3v) is 5.72. The molecule has 0 radical (unpaired) electrons. The van der Waals surface area contributed by atoms with E-state index < -0.39 is 51.2 Å². The standard InChI is InChI=1S/C20H32N2O7S/c1-12(2)9-15(21)18(23)17(13(3)10-16(22)20(25)30(26,27)28)19(24)29-11-14-7-5-4-6-8-14/h4-8,12-13,15-17,20,25H,9-11,21-22H2,1-3H3,(H,26,27,28)/t13?,15-,16?,17?,20?/m0/s1. The molecule has 6 N–H and O–H groups in total. The summed E-state index contributed by atoms with van der Waals surface area (Å²) in [6, 6.07) is 6.57. The summed E-state index contributed by atoms with van der Waals surface area (Å²) < 4.78 is 36.6. The SMILES string of the molecule is CC(C)C[C@H](N)C(=O)C(C(=O)OCc1ccccc1)C(C)CC(N)C(O)S(=O)(=O)O. The van der Waals surface area contributed by atoms with Crippen LogP contribution in [0.4, 0.5) is 0 Å². The fourth-order valence-corrected chi connectivity index (χ4v) is 3.76. The molecule has 5 atom stereocenters. The average Bonchev–Trinajstić information content (AvgIpc) is 2.65. The van der Waals surface area contributed by atoms with E-state index in [0.29, 0.717) is 6.42 Å². The highest BCUT2D eigenvalue weighted by molar-refractivity contribution is 7.86. The molecule has 4 unspecified atom stereocenters. The van der Waals surface area contributed by atoms with Crippen LogP contribution in [0.1, 0.15) is 39.2 Å². The Hall–Kier alpha value is -1.85. The normalized spacial score (nSPS) is 17.1. The van der Waals surface area contributed by atoms with Crippen molar-refractivity contribution in [1.29, 1.82) is 0 Å². The zero-order chi connectivity index (χ0) is 23.1. The van der Waals surface area contributed by atoms with Crippen molar-refractivity contribution in [3.8, 4) is 0 Å². The van der Waals surface area contributed by atoms with Crippen molar-refractivity contribution in [1.82, 2.24) is 0 Å². The van der Waals surface area contributed by atoms with Gasteiger partial charge in [-0.25, -0.2) is 0 Å². The molecule has 0 aromatic heterocycles. The fourth-order valence-electron chi connectivity index (χ4n) is 3.20. The lowest BCUT2D eigenvalue weighted by molar-refractivity contribution is -0.156. The van der Waals surface area contributed by atoms with Crippen LogP contribution in [-0.4, -0.2) is 47.3 Å². The van der Waals surface area contributed by atoms with Crippen LogP contribution in [0.2, 0.25) is 0 Å². The van der Waals surface area contributed by atoms with Gasteiger partial charge < -0.3 is 21.3 Å². The van der Waals surface area contributed by atoms with Crippen molar-refractivity contribution in [3.63, 3.8) is 0 Å². The van der Waals surface area contributed by atoms with Gasteiger partial charge in [-0.1, -0.05) is 51.1 Å². The molecule has 0 saturated carbocycles. The quantitative estimate of drug-likeness (QED) is 0.207. The number of nitrogens with two attached hydrogens (primary N) is 2. The summed E-state index contributed by atoms with van der Waals surface area (Å²) in [5, 5.41) is 9.65. The van der Waals surface area contributed by atoms with Crippen LogP contribution >= 0.6 is 0 Å². The fraction of sp³-hybridized carbons (Fsp3) is 0.600. The smallest absolute Gasteiger partial charge is 0.317 e. The first-order chi connectivity index (χ1) is 13.8. The molecule has 0 saturated heterocycles. The van der Waals surface area contributed by atoms with Gasteiger partial charge in [0, 0.05) is 6.04 Å². The van der Waals surface area contributed by atoms with Gasteiger partial charge in [0.05, 0.1) is 6.04 Å². The molecule has 0 heterocycles.